The van der Waals surface area contributed by atoms with E-state index in [2.05, 4.69) is 4.98 Å². The number of hydrogen-bond acceptors (Lipinski definition) is 3. The van der Waals surface area contributed by atoms with Crippen LogP contribution in [-0.4, -0.2) is 27.7 Å². The molecule has 0 saturated carbocycles. The summed E-state index contributed by atoms with van der Waals surface area (Å²) in [4.78, 5) is 4.43. The van der Waals surface area contributed by atoms with Gasteiger partial charge in [-0.1, -0.05) is 0 Å². The van der Waals surface area contributed by atoms with E-state index in [1.807, 2.05) is 34.6 Å². The number of pyridine rings is 1. The maximum Gasteiger partial charge on any atom is 0.514 e. The molecule has 2 aromatic heterocycles. The van der Waals surface area contributed by atoms with Gasteiger partial charge in [-0.25, -0.2) is 9.37 Å². The average molecular weight is 276 g/mol. The summed E-state index contributed by atoms with van der Waals surface area (Å²) in [5.41, 5.74) is 1.37. The molecule has 4 nitrogen and oxygen atoms in total. The molecule has 0 aliphatic carbocycles. The molecule has 3 rings (SSSR count). The molecule has 0 bridgehead atoms. The minimum atomic E-state index is -0.545. The Morgan fingerprint density at radius 1 is 1.15 bits per heavy atom. The number of imidazole rings is 1. The van der Waals surface area contributed by atoms with E-state index >= 15 is 0 Å². The molecule has 20 heavy (non-hydrogen) atoms. The summed E-state index contributed by atoms with van der Waals surface area (Å²) in [7, 11) is -0.545. The van der Waals surface area contributed by atoms with Gasteiger partial charge in [0.1, 0.15) is 11.5 Å². The van der Waals surface area contributed by atoms with E-state index in [0.29, 0.717) is 5.65 Å². The van der Waals surface area contributed by atoms with Crippen LogP contribution in [0.25, 0.3) is 5.65 Å². The van der Waals surface area contributed by atoms with Crippen molar-refractivity contribution < 1.29 is 13.7 Å². The second-order valence-electron chi connectivity index (χ2n) is 6.25. The lowest BCUT2D eigenvalue weighted by Gasteiger charge is -2.32. The SMILES string of the molecule is Cc1nc2ccc(F)cn2c1B1OC(C)(C)C(C)(C)O1. The highest BCUT2D eigenvalue weighted by atomic mass is 19.1. The molecule has 106 valence electrons. The summed E-state index contributed by atoms with van der Waals surface area (Å²) in [6.45, 7) is 9.85. The van der Waals surface area contributed by atoms with Crippen LogP contribution < -0.4 is 5.59 Å². The lowest BCUT2D eigenvalue weighted by Crippen LogP contribution is -2.41. The van der Waals surface area contributed by atoms with Gasteiger partial charge in [-0.15, -0.1) is 0 Å². The smallest absolute Gasteiger partial charge is 0.398 e. The Morgan fingerprint density at radius 2 is 1.75 bits per heavy atom. The van der Waals surface area contributed by atoms with Gasteiger partial charge < -0.3 is 13.7 Å². The Hall–Kier alpha value is -1.40. The summed E-state index contributed by atoms with van der Waals surface area (Å²) in [5, 5.41) is 0. The third-order valence-electron chi connectivity index (χ3n) is 4.28. The van der Waals surface area contributed by atoms with E-state index in [-0.39, 0.29) is 5.82 Å². The molecule has 0 atom stereocenters. The van der Waals surface area contributed by atoms with Gasteiger partial charge in [-0.05, 0) is 46.8 Å². The van der Waals surface area contributed by atoms with Crippen LogP contribution in [0.2, 0.25) is 0 Å². The van der Waals surface area contributed by atoms with Crippen molar-refractivity contribution in [3.63, 3.8) is 0 Å². The maximum atomic E-state index is 13.5. The van der Waals surface area contributed by atoms with Gasteiger partial charge in [0.15, 0.2) is 0 Å². The highest BCUT2D eigenvalue weighted by molar-refractivity contribution is 6.61. The summed E-state index contributed by atoms with van der Waals surface area (Å²) >= 11 is 0. The molecule has 2 aromatic rings. The van der Waals surface area contributed by atoms with Gasteiger partial charge in [-0.2, -0.15) is 0 Å². The molecule has 0 unspecified atom stereocenters. The van der Waals surface area contributed by atoms with E-state index in [9.17, 15) is 4.39 Å². The third kappa shape index (κ3) is 1.86. The largest absolute Gasteiger partial charge is 0.514 e. The van der Waals surface area contributed by atoms with Gasteiger partial charge in [0.2, 0.25) is 0 Å². The number of nitrogens with zero attached hydrogens (tertiary/aromatic N) is 2. The molecule has 0 radical (unpaired) electrons. The zero-order chi connectivity index (χ0) is 14.7. The number of fused-ring (bicyclic) bond motifs is 1. The molecule has 0 N–H and O–H groups in total. The molecular weight excluding hydrogens is 258 g/mol. The molecule has 1 aliphatic rings. The minimum Gasteiger partial charge on any atom is -0.398 e. The van der Waals surface area contributed by atoms with E-state index in [4.69, 9.17) is 9.31 Å². The number of aromatic nitrogens is 2. The third-order valence-corrected chi connectivity index (χ3v) is 4.28. The summed E-state index contributed by atoms with van der Waals surface area (Å²) in [5.74, 6) is -0.312. The molecule has 3 heterocycles. The van der Waals surface area contributed by atoms with E-state index in [0.717, 1.165) is 11.3 Å². The van der Waals surface area contributed by atoms with Crippen LogP contribution >= 0.6 is 0 Å². The first-order valence-electron chi connectivity index (χ1n) is 6.71. The van der Waals surface area contributed by atoms with E-state index < -0.39 is 18.3 Å². The Kier molecular flexibility index (Phi) is 2.75. The van der Waals surface area contributed by atoms with Crippen LogP contribution in [0, 0.1) is 12.7 Å². The molecule has 6 heteroatoms. The Balaban J connectivity index is 2.12. The second-order valence-corrected chi connectivity index (χ2v) is 6.25. The van der Waals surface area contributed by atoms with Crippen molar-refractivity contribution in [2.45, 2.75) is 45.8 Å². The summed E-state index contributed by atoms with van der Waals surface area (Å²) in [6.07, 6.45) is 1.41. The van der Waals surface area contributed by atoms with Gasteiger partial charge in [0.25, 0.3) is 0 Å². The van der Waals surface area contributed by atoms with Crippen LogP contribution in [0.1, 0.15) is 33.4 Å². The molecule has 0 spiro atoms. The Labute approximate surface area is 118 Å². The fourth-order valence-corrected chi connectivity index (χ4v) is 2.39. The lowest BCUT2D eigenvalue weighted by atomic mass is 9.83. The number of aryl methyl sites for hydroxylation is 1. The highest BCUT2D eigenvalue weighted by Crippen LogP contribution is 2.36. The first kappa shape index (κ1) is 13.6. The number of rotatable bonds is 1. The average Bonchev–Trinajstić information content (AvgIpc) is 2.72. The maximum absolute atomic E-state index is 13.5. The van der Waals surface area contributed by atoms with Crippen LogP contribution in [0.4, 0.5) is 4.39 Å². The van der Waals surface area contributed by atoms with Crippen molar-refractivity contribution in [2.24, 2.45) is 0 Å². The van der Waals surface area contributed by atoms with Crippen molar-refractivity contribution >= 4 is 18.4 Å². The molecule has 1 fully saturated rings. The predicted octanol–water partition coefficient (Wildman–Crippen LogP) is 2.08. The zero-order valence-corrected chi connectivity index (χ0v) is 12.4. The van der Waals surface area contributed by atoms with Crippen molar-refractivity contribution in [3.8, 4) is 0 Å². The standard InChI is InChI=1S/C14H18BFN2O2/c1-9-12(15-19-13(2,3)14(4,5)20-15)18-8-10(16)6-7-11(18)17-9/h6-8H,1-5H3. The minimum absolute atomic E-state index is 0.312. The van der Waals surface area contributed by atoms with E-state index in [1.165, 1.54) is 12.3 Å². The molecular formula is C14H18BFN2O2. The Bertz CT molecular complexity index is 665. The highest BCUT2D eigenvalue weighted by Gasteiger charge is 2.53. The lowest BCUT2D eigenvalue weighted by molar-refractivity contribution is 0.00578. The van der Waals surface area contributed by atoms with Crippen molar-refractivity contribution in [2.75, 3.05) is 0 Å². The van der Waals surface area contributed by atoms with Crippen LogP contribution in [0.15, 0.2) is 18.3 Å². The fraction of sp³-hybridized carbons (Fsp3) is 0.500. The monoisotopic (exact) mass is 276 g/mol. The molecule has 0 amide bonds. The van der Waals surface area contributed by atoms with Crippen LogP contribution in [0.3, 0.4) is 0 Å². The zero-order valence-electron chi connectivity index (χ0n) is 12.4. The van der Waals surface area contributed by atoms with Crippen molar-refractivity contribution in [1.82, 2.24) is 9.38 Å². The molecule has 1 aliphatic heterocycles. The molecule has 1 saturated heterocycles. The first-order valence-corrected chi connectivity index (χ1v) is 6.71. The van der Waals surface area contributed by atoms with Gasteiger partial charge in [-0.3, -0.25) is 0 Å². The summed E-state index contributed by atoms with van der Waals surface area (Å²) < 4.78 is 27.3. The van der Waals surface area contributed by atoms with Gasteiger partial charge >= 0.3 is 7.12 Å². The van der Waals surface area contributed by atoms with Gasteiger partial charge in [0.05, 0.1) is 22.5 Å². The van der Waals surface area contributed by atoms with E-state index in [1.54, 1.807) is 10.5 Å². The number of halogens is 1. The number of hydrogen-bond donors (Lipinski definition) is 0. The normalized spacial score (nSPS) is 20.8. The summed E-state index contributed by atoms with van der Waals surface area (Å²) in [6, 6.07) is 3.05. The Morgan fingerprint density at radius 3 is 2.35 bits per heavy atom. The van der Waals surface area contributed by atoms with Gasteiger partial charge in [0, 0.05) is 6.20 Å². The van der Waals surface area contributed by atoms with Crippen LogP contribution in [0.5, 0.6) is 0 Å². The molecule has 0 aromatic carbocycles. The van der Waals surface area contributed by atoms with Crippen molar-refractivity contribution in [3.05, 3.63) is 29.8 Å². The second kappa shape index (κ2) is 4.05. The quantitative estimate of drug-likeness (QED) is 0.748. The topological polar surface area (TPSA) is 35.8 Å². The van der Waals surface area contributed by atoms with Crippen LogP contribution in [-0.2, 0) is 9.31 Å². The predicted molar refractivity (Wildman–Crippen MR) is 75.6 cm³/mol. The van der Waals surface area contributed by atoms with Crippen molar-refractivity contribution in [1.29, 1.82) is 0 Å². The first-order chi connectivity index (χ1) is 9.21. The fourth-order valence-electron chi connectivity index (χ4n) is 2.39.